The Morgan fingerprint density at radius 1 is 1.13 bits per heavy atom. The molecule has 0 amide bonds. The van der Waals surface area contributed by atoms with E-state index in [9.17, 15) is 9.59 Å². The molecule has 39 heavy (non-hydrogen) atoms. The van der Waals surface area contributed by atoms with E-state index < -0.39 is 12.0 Å². The van der Waals surface area contributed by atoms with Gasteiger partial charge in [0.05, 0.1) is 32.5 Å². The number of carbonyl (C=O) groups excluding carboxylic acids is 1. The number of hydrogen-bond donors (Lipinski definition) is 0. The van der Waals surface area contributed by atoms with Crippen molar-refractivity contribution in [2.24, 2.45) is 4.99 Å². The molecule has 5 rings (SSSR count). The van der Waals surface area contributed by atoms with Gasteiger partial charge < -0.3 is 9.47 Å². The number of thiazole rings is 1. The minimum Gasteiger partial charge on any atom is -0.488 e. The lowest BCUT2D eigenvalue weighted by Crippen LogP contribution is -2.39. The highest BCUT2D eigenvalue weighted by Gasteiger charge is 2.33. The number of benzene rings is 2. The fraction of sp³-hybridized carbons (Fsp3) is 0.179. The molecule has 0 saturated heterocycles. The number of carbonyl (C=O) groups is 1. The first-order valence-corrected chi connectivity index (χ1v) is 14.7. The molecule has 0 radical (unpaired) electrons. The smallest absolute Gasteiger partial charge is 0.338 e. The van der Waals surface area contributed by atoms with Crippen LogP contribution < -0.4 is 19.6 Å². The van der Waals surface area contributed by atoms with E-state index in [2.05, 4.69) is 4.99 Å². The minimum atomic E-state index is -0.632. The zero-order valence-electron chi connectivity index (χ0n) is 20.7. The molecule has 1 aliphatic heterocycles. The van der Waals surface area contributed by atoms with E-state index in [0.717, 1.165) is 10.4 Å². The first-order valence-electron chi connectivity index (χ1n) is 11.9. The van der Waals surface area contributed by atoms with Gasteiger partial charge in [-0.15, -0.1) is 11.3 Å². The SMILES string of the molecule is CCOC(=O)C1=C(C)N=c2s/c(=C\c3cc(Cl)ccc3OCc3ccc(Cl)c(Cl)c3)c(=O)n2[C@H]1c1cccs1. The van der Waals surface area contributed by atoms with Crippen molar-refractivity contribution in [3.63, 3.8) is 0 Å². The summed E-state index contributed by atoms with van der Waals surface area (Å²) in [5.41, 5.74) is 2.06. The third kappa shape index (κ3) is 5.71. The predicted molar refractivity (Wildman–Crippen MR) is 157 cm³/mol. The molecule has 4 aromatic rings. The number of esters is 1. The standard InChI is InChI=1S/C28H21Cl3N2O4S2/c1-3-36-27(35)24-15(2)32-28-33(25(24)22-5-4-10-38-22)26(34)23(39-28)13-17-12-18(29)7-9-21(17)37-14-16-6-8-19(30)20(31)11-16/h4-13,25H,3,14H2,1-2H3/b23-13-/t25-/m0/s1. The molecule has 0 fully saturated rings. The van der Waals surface area contributed by atoms with Crippen LogP contribution in [-0.2, 0) is 16.1 Å². The lowest BCUT2D eigenvalue weighted by atomic mass is 10.0. The fourth-order valence-electron chi connectivity index (χ4n) is 4.20. The number of ether oxygens (including phenoxy) is 2. The molecule has 0 saturated carbocycles. The van der Waals surface area contributed by atoms with Crippen molar-refractivity contribution in [1.82, 2.24) is 4.57 Å². The number of allylic oxidation sites excluding steroid dienone is 1. The van der Waals surface area contributed by atoms with Gasteiger partial charge in [-0.25, -0.2) is 9.79 Å². The average Bonchev–Trinajstić information content (AvgIpc) is 3.53. The van der Waals surface area contributed by atoms with E-state index in [1.807, 2.05) is 23.6 Å². The molecule has 0 spiro atoms. The number of fused-ring (bicyclic) bond motifs is 1. The van der Waals surface area contributed by atoms with Crippen LogP contribution in [0, 0.1) is 0 Å². The van der Waals surface area contributed by atoms with Crippen LogP contribution >= 0.6 is 57.5 Å². The zero-order valence-corrected chi connectivity index (χ0v) is 24.6. The number of nitrogens with zero attached hydrogens (tertiary/aromatic N) is 2. The first kappa shape index (κ1) is 27.7. The van der Waals surface area contributed by atoms with Crippen molar-refractivity contribution >= 4 is 69.5 Å². The molecule has 0 N–H and O–H groups in total. The van der Waals surface area contributed by atoms with Crippen molar-refractivity contribution in [3.05, 3.63) is 116 Å². The summed E-state index contributed by atoms with van der Waals surface area (Å²) in [5.74, 6) is 0.0498. The maximum absolute atomic E-state index is 13.8. The summed E-state index contributed by atoms with van der Waals surface area (Å²) in [4.78, 5) is 32.7. The zero-order chi connectivity index (χ0) is 27.7. The Kier molecular flexibility index (Phi) is 8.30. The Morgan fingerprint density at radius 3 is 2.67 bits per heavy atom. The number of hydrogen-bond acceptors (Lipinski definition) is 7. The van der Waals surface area contributed by atoms with Gasteiger partial charge in [-0.3, -0.25) is 9.36 Å². The third-order valence-corrected chi connectivity index (χ3v) is 8.85. The molecule has 1 atom stereocenters. The summed E-state index contributed by atoms with van der Waals surface area (Å²) in [7, 11) is 0. The lowest BCUT2D eigenvalue weighted by Gasteiger charge is -2.23. The summed E-state index contributed by atoms with van der Waals surface area (Å²) < 4.78 is 13.4. The van der Waals surface area contributed by atoms with Crippen LogP contribution in [0.15, 0.2) is 75.0 Å². The predicted octanol–water partition coefficient (Wildman–Crippen LogP) is 6.40. The second-order valence-corrected chi connectivity index (χ2v) is 11.8. The van der Waals surface area contributed by atoms with Crippen LogP contribution in [0.1, 0.15) is 35.9 Å². The van der Waals surface area contributed by atoms with E-state index in [4.69, 9.17) is 44.3 Å². The van der Waals surface area contributed by atoms with E-state index in [1.54, 1.807) is 54.8 Å². The quantitative estimate of drug-likeness (QED) is 0.225. The maximum atomic E-state index is 13.8. The van der Waals surface area contributed by atoms with Crippen molar-refractivity contribution in [2.75, 3.05) is 6.61 Å². The third-order valence-electron chi connectivity index (χ3n) is 5.97. The molecule has 3 heterocycles. The first-order chi connectivity index (χ1) is 18.8. The highest BCUT2D eigenvalue weighted by Crippen LogP contribution is 2.33. The van der Waals surface area contributed by atoms with Crippen molar-refractivity contribution in [1.29, 1.82) is 0 Å². The maximum Gasteiger partial charge on any atom is 0.338 e. The second-order valence-electron chi connectivity index (χ2n) is 8.54. The van der Waals surface area contributed by atoms with Gasteiger partial charge in [-0.1, -0.05) is 58.3 Å². The molecule has 0 aliphatic carbocycles. The molecule has 0 unspecified atom stereocenters. The molecule has 2 aromatic carbocycles. The molecule has 2 aromatic heterocycles. The Balaban J connectivity index is 1.58. The van der Waals surface area contributed by atoms with Crippen LogP contribution in [0.2, 0.25) is 15.1 Å². The summed E-state index contributed by atoms with van der Waals surface area (Å²) >= 11 is 21.2. The topological polar surface area (TPSA) is 69.9 Å². The summed E-state index contributed by atoms with van der Waals surface area (Å²) in [6.45, 7) is 3.96. The highest BCUT2D eigenvalue weighted by molar-refractivity contribution is 7.10. The van der Waals surface area contributed by atoms with Gasteiger partial charge in [-0.2, -0.15) is 0 Å². The van der Waals surface area contributed by atoms with Crippen LogP contribution in [0.4, 0.5) is 0 Å². The fourth-order valence-corrected chi connectivity index (χ4v) is 6.57. The lowest BCUT2D eigenvalue weighted by molar-refractivity contribution is -0.139. The van der Waals surface area contributed by atoms with Gasteiger partial charge in [0.1, 0.15) is 18.4 Å². The van der Waals surface area contributed by atoms with E-state index in [0.29, 0.717) is 47.0 Å². The van der Waals surface area contributed by atoms with Crippen LogP contribution in [0.5, 0.6) is 5.75 Å². The number of thiophene rings is 1. The highest BCUT2D eigenvalue weighted by atomic mass is 35.5. The molecule has 0 bridgehead atoms. The summed E-state index contributed by atoms with van der Waals surface area (Å²) in [5, 5.41) is 3.30. The van der Waals surface area contributed by atoms with Gasteiger partial charge in [0.15, 0.2) is 4.80 Å². The number of halogens is 3. The summed E-state index contributed by atoms with van der Waals surface area (Å²) in [6, 6.07) is 13.6. The van der Waals surface area contributed by atoms with Crippen LogP contribution in [0.3, 0.4) is 0 Å². The van der Waals surface area contributed by atoms with E-state index >= 15 is 0 Å². The normalized spacial score (nSPS) is 15.2. The number of rotatable bonds is 7. The van der Waals surface area contributed by atoms with Crippen LogP contribution in [0.25, 0.3) is 6.08 Å². The molecule has 11 heteroatoms. The van der Waals surface area contributed by atoms with Gasteiger partial charge in [0.25, 0.3) is 5.56 Å². The Morgan fingerprint density at radius 2 is 1.95 bits per heavy atom. The molecular formula is C28H21Cl3N2O4S2. The van der Waals surface area contributed by atoms with Gasteiger partial charge in [0.2, 0.25) is 0 Å². The number of aromatic nitrogens is 1. The van der Waals surface area contributed by atoms with Crippen molar-refractivity contribution in [3.8, 4) is 5.75 Å². The van der Waals surface area contributed by atoms with Gasteiger partial charge in [-0.05, 0) is 67.3 Å². The Labute approximate surface area is 247 Å². The van der Waals surface area contributed by atoms with Gasteiger partial charge in [0, 0.05) is 15.5 Å². The minimum absolute atomic E-state index is 0.219. The second kappa shape index (κ2) is 11.7. The molecule has 6 nitrogen and oxygen atoms in total. The Bertz CT molecular complexity index is 1770. The largest absolute Gasteiger partial charge is 0.488 e. The summed E-state index contributed by atoms with van der Waals surface area (Å²) in [6.07, 6.45) is 1.73. The average molecular weight is 620 g/mol. The van der Waals surface area contributed by atoms with E-state index in [-0.39, 0.29) is 18.8 Å². The van der Waals surface area contributed by atoms with Crippen molar-refractivity contribution < 1.29 is 14.3 Å². The Hall–Kier alpha value is -2.88. The molecular weight excluding hydrogens is 599 g/mol. The van der Waals surface area contributed by atoms with Crippen molar-refractivity contribution in [2.45, 2.75) is 26.5 Å². The van der Waals surface area contributed by atoms with E-state index in [1.165, 1.54) is 22.7 Å². The van der Waals surface area contributed by atoms with Crippen LogP contribution in [-0.4, -0.2) is 17.1 Å². The monoisotopic (exact) mass is 618 g/mol. The molecule has 200 valence electrons. The molecule has 1 aliphatic rings. The van der Waals surface area contributed by atoms with Gasteiger partial charge >= 0.3 is 5.97 Å².